The summed E-state index contributed by atoms with van der Waals surface area (Å²) in [6.07, 6.45) is 5.80. The Bertz CT molecular complexity index is 351. The van der Waals surface area contributed by atoms with Gasteiger partial charge < -0.3 is 5.32 Å². The molecular weight excluding hydrogens is 258 g/mol. The Morgan fingerprint density at radius 3 is 2.37 bits per heavy atom. The third-order valence-electron chi connectivity index (χ3n) is 4.71. The molecule has 2 heterocycles. The lowest BCUT2D eigenvalue weighted by Gasteiger charge is -2.55. The number of hydrogen-bond donors (Lipinski definition) is 2. The fraction of sp³-hybridized carbons (Fsp3) is 0.923. The standard InChI is InChI=1S/C13H23N5S/c14-6-5-13(9-18(10-13)19-15)17-7-3-12(4-8-17)16-11-1-2-11/h11-12,16H,1-5,7-10,15H2. The van der Waals surface area contributed by atoms with Gasteiger partial charge in [-0.1, -0.05) is 0 Å². The Morgan fingerprint density at radius 1 is 1.21 bits per heavy atom. The van der Waals surface area contributed by atoms with Gasteiger partial charge in [-0.3, -0.25) is 10.0 Å². The van der Waals surface area contributed by atoms with Crippen LogP contribution in [0.15, 0.2) is 0 Å². The lowest BCUT2D eigenvalue weighted by molar-refractivity contribution is -0.0212. The minimum Gasteiger partial charge on any atom is -0.311 e. The Hall–Kier alpha value is -0.320. The zero-order valence-corrected chi connectivity index (χ0v) is 12.2. The van der Waals surface area contributed by atoms with E-state index in [4.69, 9.17) is 10.4 Å². The van der Waals surface area contributed by atoms with Crippen molar-refractivity contribution in [2.75, 3.05) is 26.2 Å². The molecule has 0 aromatic carbocycles. The summed E-state index contributed by atoms with van der Waals surface area (Å²) in [7, 11) is 0. The van der Waals surface area contributed by atoms with Gasteiger partial charge in [0.05, 0.1) is 18.0 Å². The third-order valence-corrected chi connectivity index (χ3v) is 5.27. The van der Waals surface area contributed by atoms with Crippen molar-refractivity contribution in [3.05, 3.63) is 0 Å². The molecule has 0 amide bonds. The Balaban J connectivity index is 1.52. The third kappa shape index (κ3) is 2.91. The first kappa shape index (κ1) is 13.7. The molecule has 0 aromatic heterocycles. The lowest BCUT2D eigenvalue weighted by atomic mass is 9.84. The van der Waals surface area contributed by atoms with E-state index in [9.17, 15) is 0 Å². The van der Waals surface area contributed by atoms with Gasteiger partial charge in [-0.2, -0.15) is 5.26 Å². The molecule has 3 N–H and O–H groups in total. The van der Waals surface area contributed by atoms with Crippen LogP contribution in [0.5, 0.6) is 0 Å². The maximum Gasteiger partial charge on any atom is 0.0642 e. The van der Waals surface area contributed by atoms with E-state index < -0.39 is 0 Å². The van der Waals surface area contributed by atoms with Gasteiger partial charge in [-0.15, -0.1) is 0 Å². The van der Waals surface area contributed by atoms with Crippen molar-refractivity contribution in [1.29, 1.82) is 5.26 Å². The van der Waals surface area contributed by atoms with Crippen LogP contribution in [-0.4, -0.2) is 53.0 Å². The number of likely N-dealkylation sites (tertiary alicyclic amines) is 1. The average Bonchev–Trinajstić information content (AvgIpc) is 3.18. The zero-order chi connectivity index (χ0) is 13.3. The number of nitriles is 1. The smallest absolute Gasteiger partial charge is 0.0642 e. The molecule has 0 atom stereocenters. The molecule has 3 aliphatic rings. The minimum atomic E-state index is 0.0751. The first-order chi connectivity index (χ1) is 9.25. The van der Waals surface area contributed by atoms with Crippen LogP contribution in [0.4, 0.5) is 0 Å². The van der Waals surface area contributed by atoms with Gasteiger partial charge in [-0.05, 0) is 25.7 Å². The van der Waals surface area contributed by atoms with E-state index >= 15 is 0 Å². The number of nitrogens with zero attached hydrogens (tertiary/aromatic N) is 3. The second kappa shape index (κ2) is 5.58. The van der Waals surface area contributed by atoms with Crippen LogP contribution in [0.1, 0.15) is 32.1 Å². The number of nitrogens with two attached hydrogens (primary N) is 1. The van der Waals surface area contributed by atoms with Gasteiger partial charge in [0.15, 0.2) is 0 Å². The number of nitrogens with one attached hydrogen (secondary N) is 1. The summed E-state index contributed by atoms with van der Waals surface area (Å²) in [5.74, 6) is 0. The molecule has 2 saturated heterocycles. The fourth-order valence-electron chi connectivity index (χ4n) is 3.36. The van der Waals surface area contributed by atoms with E-state index in [1.165, 1.54) is 37.8 Å². The number of hydrogen-bond acceptors (Lipinski definition) is 6. The van der Waals surface area contributed by atoms with Crippen LogP contribution < -0.4 is 10.5 Å². The SMILES string of the molecule is N#CCC1(N2CCC(NC3CC3)CC2)CN(SN)C1. The topological polar surface area (TPSA) is 68.3 Å². The summed E-state index contributed by atoms with van der Waals surface area (Å²) in [5, 5.41) is 18.4. The van der Waals surface area contributed by atoms with Crippen LogP contribution in [0.3, 0.4) is 0 Å². The Labute approximate surface area is 119 Å². The highest BCUT2D eigenvalue weighted by atomic mass is 32.2. The van der Waals surface area contributed by atoms with Crippen molar-refractivity contribution in [2.24, 2.45) is 5.14 Å². The monoisotopic (exact) mass is 281 g/mol. The largest absolute Gasteiger partial charge is 0.311 e. The van der Waals surface area contributed by atoms with Crippen LogP contribution >= 0.6 is 12.1 Å². The maximum absolute atomic E-state index is 9.09. The van der Waals surface area contributed by atoms with E-state index in [1.54, 1.807) is 0 Å². The molecule has 3 fully saturated rings. The van der Waals surface area contributed by atoms with Gasteiger partial charge in [0.1, 0.15) is 0 Å². The first-order valence-electron chi connectivity index (χ1n) is 7.25. The van der Waals surface area contributed by atoms with Crippen molar-refractivity contribution in [2.45, 2.75) is 49.7 Å². The fourth-order valence-corrected chi connectivity index (χ4v) is 3.99. The summed E-state index contributed by atoms with van der Waals surface area (Å²) in [4.78, 5) is 2.54. The van der Waals surface area contributed by atoms with Gasteiger partial charge in [0.2, 0.25) is 0 Å². The maximum atomic E-state index is 9.09. The first-order valence-corrected chi connectivity index (χ1v) is 8.09. The van der Waals surface area contributed by atoms with E-state index in [0.717, 1.165) is 32.2 Å². The Morgan fingerprint density at radius 2 is 1.84 bits per heavy atom. The van der Waals surface area contributed by atoms with Crippen LogP contribution in [-0.2, 0) is 0 Å². The number of rotatable bonds is 5. The molecule has 1 saturated carbocycles. The zero-order valence-electron chi connectivity index (χ0n) is 11.3. The van der Waals surface area contributed by atoms with E-state index in [0.29, 0.717) is 12.5 Å². The van der Waals surface area contributed by atoms with E-state index in [-0.39, 0.29) is 5.54 Å². The molecular formula is C13H23N5S. The molecule has 5 nitrogen and oxygen atoms in total. The highest BCUT2D eigenvalue weighted by Crippen LogP contribution is 2.36. The summed E-state index contributed by atoms with van der Waals surface area (Å²) < 4.78 is 2.14. The van der Waals surface area contributed by atoms with Crippen LogP contribution in [0.2, 0.25) is 0 Å². The van der Waals surface area contributed by atoms with Gasteiger partial charge >= 0.3 is 0 Å². The molecule has 3 rings (SSSR count). The van der Waals surface area contributed by atoms with Crippen molar-refractivity contribution < 1.29 is 0 Å². The molecule has 106 valence electrons. The highest BCUT2D eigenvalue weighted by Gasteiger charge is 2.48. The molecule has 1 aliphatic carbocycles. The highest BCUT2D eigenvalue weighted by molar-refractivity contribution is 7.94. The van der Waals surface area contributed by atoms with Crippen molar-refractivity contribution >= 4 is 12.1 Å². The second-order valence-corrected chi connectivity index (χ2v) is 6.89. The summed E-state index contributed by atoms with van der Waals surface area (Å²) in [6, 6.07) is 3.87. The molecule has 2 aliphatic heterocycles. The summed E-state index contributed by atoms with van der Waals surface area (Å²) >= 11 is 1.31. The van der Waals surface area contributed by atoms with Crippen molar-refractivity contribution in [1.82, 2.24) is 14.5 Å². The molecule has 0 radical (unpaired) electrons. The lowest BCUT2D eigenvalue weighted by Crippen LogP contribution is -2.69. The van der Waals surface area contributed by atoms with Crippen molar-refractivity contribution in [3.8, 4) is 6.07 Å². The molecule has 6 heteroatoms. The van der Waals surface area contributed by atoms with E-state index in [1.807, 2.05) is 0 Å². The molecule has 19 heavy (non-hydrogen) atoms. The summed E-state index contributed by atoms with van der Waals surface area (Å²) in [6.45, 7) is 4.11. The second-order valence-electron chi connectivity index (χ2n) is 6.16. The van der Waals surface area contributed by atoms with Crippen LogP contribution in [0, 0.1) is 11.3 Å². The predicted molar refractivity (Wildman–Crippen MR) is 77.1 cm³/mol. The molecule has 0 unspecified atom stereocenters. The van der Waals surface area contributed by atoms with Gasteiger partial charge in [-0.25, -0.2) is 4.31 Å². The predicted octanol–water partition coefficient (Wildman–Crippen LogP) is 0.693. The normalized spacial score (nSPS) is 28.8. The van der Waals surface area contributed by atoms with Gasteiger partial charge in [0.25, 0.3) is 0 Å². The molecule has 0 spiro atoms. The molecule has 0 bridgehead atoms. The average molecular weight is 281 g/mol. The van der Waals surface area contributed by atoms with E-state index in [2.05, 4.69) is 20.6 Å². The number of piperidine rings is 1. The Kier molecular flexibility index (Phi) is 4.01. The van der Waals surface area contributed by atoms with Crippen molar-refractivity contribution in [3.63, 3.8) is 0 Å². The summed E-state index contributed by atoms with van der Waals surface area (Å²) in [5.41, 5.74) is 0.0751. The molecule has 0 aromatic rings. The minimum absolute atomic E-state index is 0.0751. The van der Waals surface area contributed by atoms with Gasteiger partial charge in [0, 0.05) is 50.4 Å². The quantitative estimate of drug-likeness (QED) is 0.723. The van der Waals surface area contributed by atoms with Crippen LogP contribution in [0.25, 0.3) is 0 Å².